The van der Waals surface area contributed by atoms with Crippen molar-refractivity contribution in [1.29, 1.82) is 0 Å². The van der Waals surface area contributed by atoms with Crippen LogP contribution in [0.1, 0.15) is 0 Å². The topological polar surface area (TPSA) is 24.1 Å². The molecule has 2 aromatic rings. The minimum absolute atomic E-state index is 0.195. The SMILES string of the molecule is Fc1ccc(NC(=S)Nc2ccc(Cl)cc2Cl)cc1F. The predicted molar refractivity (Wildman–Crippen MR) is 82.7 cm³/mol. The van der Waals surface area contributed by atoms with E-state index >= 15 is 0 Å². The van der Waals surface area contributed by atoms with Gasteiger partial charge in [-0.25, -0.2) is 8.78 Å². The van der Waals surface area contributed by atoms with Crippen LogP contribution >= 0.6 is 35.4 Å². The summed E-state index contributed by atoms with van der Waals surface area (Å²) in [7, 11) is 0. The van der Waals surface area contributed by atoms with Crippen LogP contribution in [0.2, 0.25) is 10.0 Å². The van der Waals surface area contributed by atoms with Gasteiger partial charge in [0.1, 0.15) is 0 Å². The Kier molecular flexibility index (Phi) is 4.75. The first-order valence-electron chi connectivity index (χ1n) is 5.44. The van der Waals surface area contributed by atoms with Gasteiger partial charge < -0.3 is 10.6 Å². The van der Waals surface area contributed by atoms with E-state index in [4.69, 9.17) is 35.4 Å². The summed E-state index contributed by atoms with van der Waals surface area (Å²) >= 11 is 16.8. The summed E-state index contributed by atoms with van der Waals surface area (Å²) in [6.45, 7) is 0. The van der Waals surface area contributed by atoms with Gasteiger partial charge in [0, 0.05) is 16.8 Å². The van der Waals surface area contributed by atoms with Gasteiger partial charge >= 0.3 is 0 Å². The fourth-order valence-corrected chi connectivity index (χ4v) is 2.13. The van der Waals surface area contributed by atoms with Crippen LogP contribution in [-0.2, 0) is 0 Å². The average molecular weight is 333 g/mol. The Morgan fingerprint density at radius 1 is 0.950 bits per heavy atom. The minimum atomic E-state index is -0.956. The molecule has 0 amide bonds. The van der Waals surface area contributed by atoms with Crippen molar-refractivity contribution in [1.82, 2.24) is 0 Å². The van der Waals surface area contributed by atoms with E-state index in [1.54, 1.807) is 18.2 Å². The van der Waals surface area contributed by atoms with Crippen LogP contribution in [0.4, 0.5) is 20.2 Å². The normalized spacial score (nSPS) is 10.2. The maximum atomic E-state index is 13.1. The standard InChI is InChI=1S/C13H8Cl2F2N2S/c14-7-1-4-12(9(15)5-7)19-13(20)18-8-2-3-10(16)11(17)6-8/h1-6H,(H2,18,19,20). The second-order valence-electron chi connectivity index (χ2n) is 3.83. The first kappa shape index (κ1) is 15.0. The summed E-state index contributed by atoms with van der Waals surface area (Å²) in [6, 6.07) is 8.25. The van der Waals surface area contributed by atoms with Crippen LogP contribution in [0.25, 0.3) is 0 Å². The number of nitrogens with one attached hydrogen (secondary N) is 2. The van der Waals surface area contributed by atoms with E-state index in [0.717, 1.165) is 12.1 Å². The van der Waals surface area contributed by atoms with Gasteiger partial charge in [0.15, 0.2) is 16.7 Å². The molecule has 0 aromatic heterocycles. The lowest BCUT2D eigenvalue weighted by Crippen LogP contribution is -2.19. The molecule has 0 heterocycles. The molecule has 20 heavy (non-hydrogen) atoms. The van der Waals surface area contributed by atoms with Crippen molar-refractivity contribution in [3.63, 3.8) is 0 Å². The molecule has 0 saturated heterocycles. The van der Waals surface area contributed by atoms with Crippen LogP contribution in [0.5, 0.6) is 0 Å². The third-order valence-corrected chi connectivity index (χ3v) is 3.11. The summed E-state index contributed by atoms with van der Waals surface area (Å²) in [6.07, 6.45) is 0. The highest BCUT2D eigenvalue weighted by molar-refractivity contribution is 7.80. The van der Waals surface area contributed by atoms with Crippen molar-refractivity contribution >= 4 is 51.9 Å². The molecule has 0 aliphatic heterocycles. The zero-order chi connectivity index (χ0) is 14.7. The van der Waals surface area contributed by atoms with E-state index in [1.165, 1.54) is 6.07 Å². The second kappa shape index (κ2) is 6.35. The Balaban J connectivity index is 2.07. The second-order valence-corrected chi connectivity index (χ2v) is 5.08. The molecule has 0 saturated carbocycles. The highest BCUT2D eigenvalue weighted by Gasteiger charge is 2.06. The molecule has 2 N–H and O–H groups in total. The number of thiocarbonyl (C=S) groups is 1. The average Bonchev–Trinajstić information content (AvgIpc) is 2.37. The third kappa shape index (κ3) is 3.79. The van der Waals surface area contributed by atoms with E-state index in [1.807, 2.05) is 0 Å². The van der Waals surface area contributed by atoms with Crippen molar-refractivity contribution in [3.05, 3.63) is 58.1 Å². The molecule has 0 bridgehead atoms. The van der Waals surface area contributed by atoms with Crippen molar-refractivity contribution in [2.24, 2.45) is 0 Å². The Hall–Kier alpha value is -1.43. The lowest BCUT2D eigenvalue weighted by atomic mass is 10.3. The molecular weight excluding hydrogens is 325 g/mol. The maximum absolute atomic E-state index is 13.1. The first-order valence-corrected chi connectivity index (χ1v) is 6.60. The van der Waals surface area contributed by atoms with E-state index in [9.17, 15) is 8.78 Å². The number of hydrogen-bond donors (Lipinski definition) is 2. The highest BCUT2D eigenvalue weighted by atomic mass is 35.5. The van der Waals surface area contributed by atoms with E-state index in [0.29, 0.717) is 21.4 Å². The summed E-state index contributed by atoms with van der Waals surface area (Å²) in [5, 5.41) is 6.65. The van der Waals surface area contributed by atoms with Crippen molar-refractivity contribution in [3.8, 4) is 0 Å². The molecule has 0 aliphatic carbocycles. The molecule has 0 unspecified atom stereocenters. The third-order valence-electron chi connectivity index (χ3n) is 2.36. The number of halogens is 4. The molecule has 104 valence electrons. The van der Waals surface area contributed by atoms with Gasteiger partial charge in [-0.15, -0.1) is 0 Å². The van der Waals surface area contributed by atoms with Crippen LogP contribution in [-0.4, -0.2) is 5.11 Å². The van der Waals surface area contributed by atoms with Gasteiger partial charge in [-0.05, 0) is 42.5 Å². The zero-order valence-electron chi connectivity index (χ0n) is 9.88. The molecule has 7 heteroatoms. The lowest BCUT2D eigenvalue weighted by Gasteiger charge is -2.12. The van der Waals surface area contributed by atoms with Gasteiger partial charge in [-0.1, -0.05) is 23.2 Å². The van der Waals surface area contributed by atoms with Crippen molar-refractivity contribution in [2.75, 3.05) is 10.6 Å². The summed E-state index contributed by atoms with van der Waals surface area (Å²) < 4.78 is 25.8. The minimum Gasteiger partial charge on any atom is -0.332 e. The van der Waals surface area contributed by atoms with E-state index < -0.39 is 11.6 Å². The number of hydrogen-bond acceptors (Lipinski definition) is 1. The van der Waals surface area contributed by atoms with Crippen LogP contribution in [0.3, 0.4) is 0 Å². The molecule has 0 spiro atoms. The molecular formula is C13H8Cl2F2N2S. The Morgan fingerprint density at radius 2 is 1.70 bits per heavy atom. The monoisotopic (exact) mass is 332 g/mol. The number of benzene rings is 2. The Morgan fingerprint density at radius 3 is 2.35 bits per heavy atom. The number of anilines is 2. The molecule has 2 rings (SSSR count). The van der Waals surface area contributed by atoms with Crippen LogP contribution < -0.4 is 10.6 Å². The molecule has 0 fully saturated rings. The summed E-state index contributed by atoms with van der Waals surface area (Å²) in [5.74, 6) is -1.88. The smallest absolute Gasteiger partial charge is 0.175 e. The summed E-state index contributed by atoms with van der Waals surface area (Å²) in [4.78, 5) is 0. The molecule has 0 radical (unpaired) electrons. The molecule has 0 atom stereocenters. The largest absolute Gasteiger partial charge is 0.332 e. The van der Waals surface area contributed by atoms with Gasteiger partial charge in [0.05, 0.1) is 10.7 Å². The van der Waals surface area contributed by atoms with E-state index in [-0.39, 0.29) is 5.11 Å². The molecule has 0 aliphatic rings. The Bertz CT molecular complexity index is 665. The quantitative estimate of drug-likeness (QED) is 0.750. The van der Waals surface area contributed by atoms with Crippen molar-refractivity contribution < 1.29 is 8.78 Å². The van der Waals surface area contributed by atoms with Gasteiger partial charge in [-0.2, -0.15) is 0 Å². The summed E-state index contributed by atoms with van der Waals surface area (Å²) in [5.41, 5.74) is 0.877. The van der Waals surface area contributed by atoms with Crippen LogP contribution in [0, 0.1) is 11.6 Å². The first-order chi connectivity index (χ1) is 9.45. The molecule has 2 nitrogen and oxygen atoms in total. The van der Waals surface area contributed by atoms with Gasteiger partial charge in [0.25, 0.3) is 0 Å². The maximum Gasteiger partial charge on any atom is 0.175 e. The molecule has 2 aromatic carbocycles. The van der Waals surface area contributed by atoms with Crippen LogP contribution in [0.15, 0.2) is 36.4 Å². The Labute approximate surface area is 129 Å². The fourth-order valence-electron chi connectivity index (χ4n) is 1.45. The van der Waals surface area contributed by atoms with Gasteiger partial charge in [0.2, 0.25) is 0 Å². The van der Waals surface area contributed by atoms with E-state index in [2.05, 4.69) is 10.6 Å². The zero-order valence-corrected chi connectivity index (χ0v) is 12.2. The van der Waals surface area contributed by atoms with Crippen molar-refractivity contribution in [2.45, 2.75) is 0 Å². The lowest BCUT2D eigenvalue weighted by molar-refractivity contribution is 0.509. The predicted octanol–water partition coefficient (Wildman–Crippen LogP) is 5.08. The highest BCUT2D eigenvalue weighted by Crippen LogP contribution is 2.25. The van der Waals surface area contributed by atoms with Gasteiger partial charge in [-0.3, -0.25) is 0 Å². The number of rotatable bonds is 2. The fraction of sp³-hybridized carbons (Fsp3) is 0.